The van der Waals surface area contributed by atoms with E-state index in [4.69, 9.17) is 10.2 Å². The Morgan fingerprint density at radius 3 is 2.25 bits per heavy atom. The van der Waals surface area contributed by atoms with Crippen LogP contribution in [0.25, 0.3) is 0 Å². The average molecular weight is 196 g/mol. The van der Waals surface area contributed by atoms with Gasteiger partial charge in [-0.2, -0.15) is 0 Å². The fourth-order valence-electron chi connectivity index (χ4n) is 0.470. The molecular weight excluding hydrogens is 190 g/mol. The maximum Gasteiger partial charge on any atom is 0.322 e. The molecule has 0 amide bonds. The molecule has 0 bridgehead atoms. The van der Waals surface area contributed by atoms with Crippen LogP contribution in [0.3, 0.4) is 0 Å². The van der Waals surface area contributed by atoms with Gasteiger partial charge < -0.3 is 14.8 Å². The molecule has 0 aliphatic rings. The van der Waals surface area contributed by atoms with Crippen LogP contribution < -0.4 is 4.72 Å². The zero-order valence-electron chi connectivity index (χ0n) is 5.72. The first kappa shape index (κ1) is 11.0. The van der Waals surface area contributed by atoms with Gasteiger partial charge in [-0.05, 0) is 0 Å². The number of rotatable bonds is 5. The van der Waals surface area contributed by atoms with E-state index in [0.717, 1.165) is 0 Å². The summed E-state index contributed by atoms with van der Waals surface area (Å²) < 4.78 is 21.4. The van der Waals surface area contributed by atoms with E-state index in [-0.39, 0.29) is 0 Å². The van der Waals surface area contributed by atoms with Crippen LogP contribution in [0.2, 0.25) is 0 Å². The van der Waals surface area contributed by atoms with Crippen LogP contribution in [0.4, 0.5) is 0 Å². The summed E-state index contributed by atoms with van der Waals surface area (Å²) in [5, 5.41) is 16.4. The molecule has 0 rings (SSSR count). The van der Waals surface area contributed by atoms with Crippen molar-refractivity contribution >= 4 is 23.2 Å². The van der Waals surface area contributed by atoms with Gasteiger partial charge in [0.2, 0.25) is 0 Å². The van der Waals surface area contributed by atoms with E-state index in [9.17, 15) is 18.4 Å². The molecule has 0 spiro atoms. The number of carboxylic acid groups (broad SMARTS) is 2. The van der Waals surface area contributed by atoms with E-state index in [1.165, 1.54) is 0 Å². The van der Waals surface area contributed by atoms with Crippen LogP contribution in [0.15, 0.2) is 0 Å². The minimum absolute atomic E-state index is 0.788. The van der Waals surface area contributed by atoms with Crippen LogP contribution in [0, 0.1) is 0 Å². The van der Waals surface area contributed by atoms with Crippen molar-refractivity contribution in [1.29, 1.82) is 0 Å². The Hall–Kier alpha value is -0.990. The Kier molecular flexibility index (Phi) is 4.40. The van der Waals surface area contributed by atoms with Gasteiger partial charge in [-0.25, -0.2) is 4.72 Å². The lowest BCUT2D eigenvalue weighted by atomic mass is 10.2. The van der Waals surface area contributed by atoms with Gasteiger partial charge in [-0.1, -0.05) is 0 Å². The summed E-state index contributed by atoms with van der Waals surface area (Å²) in [5.41, 5.74) is 0. The molecule has 2 atom stereocenters. The Morgan fingerprint density at radius 2 is 2.00 bits per heavy atom. The number of hydrogen-bond donors (Lipinski definition) is 3. The first-order chi connectivity index (χ1) is 5.43. The first-order valence-corrected chi connectivity index (χ1v) is 3.81. The highest BCUT2D eigenvalue weighted by Crippen LogP contribution is 1.92. The molecule has 8 heteroatoms. The van der Waals surface area contributed by atoms with Crippen molar-refractivity contribution < 1.29 is 28.6 Å². The smallest absolute Gasteiger partial charge is 0.322 e. The minimum atomic E-state index is -2.78. The third-order valence-corrected chi connectivity index (χ3v) is 1.39. The lowest BCUT2D eigenvalue weighted by Crippen LogP contribution is -2.39. The summed E-state index contributed by atoms with van der Waals surface area (Å²) in [6, 6.07) is -1.61. The summed E-state index contributed by atoms with van der Waals surface area (Å²) >= 11 is -2.78. The number of carboxylic acids is 2. The zero-order chi connectivity index (χ0) is 9.72. The van der Waals surface area contributed by atoms with Gasteiger partial charge in [-0.3, -0.25) is 13.8 Å². The monoisotopic (exact) mass is 196 g/mol. The van der Waals surface area contributed by atoms with Crippen LogP contribution in [-0.2, 0) is 20.9 Å². The molecule has 12 heavy (non-hydrogen) atoms. The Labute approximate surface area is 69.8 Å². The molecule has 1 unspecified atom stereocenters. The first-order valence-electron chi connectivity index (χ1n) is 2.73. The lowest BCUT2D eigenvalue weighted by Gasteiger charge is -2.13. The predicted octanol–water partition coefficient (Wildman–Crippen LogP) is -1.70. The third-order valence-electron chi connectivity index (χ3n) is 0.915. The Morgan fingerprint density at radius 1 is 1.50 bits per heavy atom. The van der Waals surface area contributed by atoms with E-state index in [0.29, 0.717) is 0 Å². The van der Waals surface area contributed by atoms with Crippen LogP contribution >= 0.6 is 0 Å². The molecule has 0 aromatic heterocycles. The summed E-state index contributed by atoms with van der Waals surface area (Å²) in [5.74, 6) is -2.91. The van der Waals surface area contributed by atoms with Crippen molar-refractivity contribution in [3.63, 3.8) is 0 Å². The molecular formula is C4H6NO6S-. The SMILES string of the molecule is O=C(O)C[C@@H](NS(=O)[O-])C(=O)O. The van der Waals surface area contributed by atoms with E-state index in [1.54, 1.807) is 4.72 Å². The molecule has 0 radical (unpaired) electrons. The van der Waals surface area contributed by atoms with E-state index in [1.807, 2.05) is 0 Å². The summed E-state index contributed by atoms with van der Waals surface area (Å²) in [6.07, 6.45) is -0.788. The second-order valence-electron chi connectivity index (χ2n) is 1.84. The standard InChI is InChI=1S/C4H7NO6S/c6-3(7)1-2(4(8)9)5-12(10)11/h2,5H,1H2,(H,6,7)(H,8,9)(H,10,11)/p-1/t2-/m1/s1. The highest BCUT2D eigenvalue weighted by molar-refractivity contribution is 7.77. The predicted molar refractivity (Wildman–Crippen MR) is 35.7 cm³/mol. The zero-order valence-corrected chi connectivity index (χ0v) is 6.54. The van der Waals surface area contributed by atoms with Gasteiger partial charge in [0, 0.05) is 11.3 Å². The molecule has 0 saturated heterocycles. The maximum atomic E-state index is 10.2. The second kappa shape index (κ2) is 4.80. The Balaban J connectivity index is 4.14. The molecule has 0 aromatic carbocycles. The van der Waals surface area contributed by atoms with Crippen molar-refractivity contribution in [2.45, 2.75) is 12.5 Å². The van der Waals surface area contributed by atoms with Crippen LogP contribution in [-0.4, -0.2) is 37.0 Å². The fraction of sp³-hybridized carbons (Fsp3) is 0.500. The van der Waals surface area contributed by atoms with Crippen LogP contribution in [0.5, 0.6) is 0 Å². The summed E-state index contributed by atoms with van der Waals surface area (Å²) in [4.78, 5) is 20.2. The highest BCUT2D eigenvalue weighted by Gasteiger charge is 2.20. The molecule has 0 fully saturated rings. The number of hydrogen-bond acceptors (Lipinski definition) is 4. The maximum absolute atomic E-state index is 10.2. The van der Waals surface area contributed by atoms with Gasteiger partial charge in [0.05, 0.1) is 6.42 Å². The van der Waals surface area contributed by atoms with Gasteiger partial charge >= 0.3 is 11.9 Å². The summed E-state index contributed by atoms with van der Waals surface area (Å²) in [6.45, 7) is 0. The van der Waals surface area contributed by atoms with Crippen molar-refractivity contribution in [3.8, 4) is 0 Å². The van der Waals surface area contributed by atoms with Crippen molar-refractivity contribution in [3.05, 3.63) is 0 Å². The average Bonchev–Trinajstić information content (AvgIpc) is 1.83. The molecule has 70 valence electrons. The topological polar surface area (TPSA) is 127 Å². The second-order valence-corrected chi connectivity index (χ2v) is 2.55. The molecule has 0 aliphatic heterocycles. The fourth-order valence-corrected chi connectivity index (χ4v) is 0.887. The van der Waals surface area contributed by atoms with Gasteiger partial charge in [-0.15, -0.1) is 0 Å². The number of aliphatic carboxylic acids is 2. The van der Waals surface area contributed by atoms with Crippen LogP contribution in [0.1, 0.15) is 6.42 Å². The molecule has 3 N–H and O–H groups in total. The van der Waals surface area contributed by atoms with E-state index in [2.05, 4.69) is 0 Å². The largest absolute Gasteiger partial charge is 0.760 e. The third kappa shape index (κ3) is 4.77. The minimum Gasteiger partial charge on any atom is -0.760 e. The van der Waals surface area contributed by atoms with Crippen molar-refractivity contribution in [1.82, 2.24) is 4.72 Å². The molecule has 0 aromatic rings. The quantitative estimate of drug-likeness (QED) is 0.449. The van der Waals surface area contributed by atoms with Gasteiger partial charge in [0.25, 0.3) is 0 Å². The van der Waals surface area contributed by atoms with Gasteiger partial charge in [0.15, 0.2) is 0 Å². The van der Waals surface area contributed by atoms with E-state index < -0.39 is 35.7 Å². The molecule has 0 heterocycles. The number of carbonyl (C=O) groups is 2. The van der Waals surface area contributed by atoms with Crippen molar-refractivity contribution in [2.24, 2.45) is 0 Å². The van der Waals surface area contributed by atoms with E-state index >= 15 is 0 Å². The lowest BCUT2D eigenvalue weighted by molar-refractivity contribution is -0.145. The molecule has 0 saturated carbocycles. The summed E-state index contributed by atoms with van der Waals surface area (Å²) in [7, 11) is 0. The molecule has 7 nitrogen and oxygen atoms in total. The normalized spacial score (nSPS) is 15.1. The van der Waals surface area contributed by atoms with Gasteiger partial charge in [0.1, 0.15) is 6.04 Å². The Bertz CT molecular complexity index is 200. The van der Waals surface area contributed by atoms with Crippen molar-refractivity contribution in [2.75, 3.05) is 0 Å². The number of nitrogens with one attached hydrogen (secondary N) is 1. The molecule has 0 aliphatic carbocycles. The highest BCUT2D eigenvalue weighted by atomic mass is 32.2.